The average Bonchev–Trinajstić information content (AvgIpc) is 2.82. The minimum absolute atomic E-state index is 0. The van der Waals surface area contributed by atoms with Gasteiger partial charge in [-0.1, -0.05) is 14.4 Å². The number of imide groups is 1. The Labute approximate surface area is 141 Å². The Morgan fingerprint density at radius 1 is 1.08 bits per heavy atom. The van der Waals surface area contributed by atoms with Crippen molar-refractivity contribution in [2.75, 3.05) is 26.9 Å². The summed E-state index contributed by atoms with van der Waals surface area (Å²) in [5, 5.41) is 8.66. The highest BCUT2D eigenvalue weighted by Crippen LogP contribution is 2.12. The first-order valence-corrected chi connectivity index (χ1v) is 7.27. The van der Waals surface area contributed by atoms with Crippen LogP contribution in [0.5, 0.6) is 0 Å². The number of carbonyl (C=O) groups excluding carboxylic acids is 3. The third kappa shape index (κ3) is 11.6. The van der Waals surface area contributed by atoms with Crippen LogP contribution in [0.15, 0.2) is 0 Å². The SMILES string of the molecule is C.CCCOCCC(=O)O.COCCC(=O)ON1C(=O)CCC1=O. The van der Waals surface area contributed by atoms with Crippen molar-refractivity contribution in [2.24, 2.45) is 0 Å². The van der Waals surface area contributed by atoms with Gasteiger partial charge in [0.15, 0.2) is 0 Å². The van der Waals surface area contributed by atoms with Crippen LogP contribution in [0.1, 0.15) is 46.5 Å². The second-order valence-electron chi connectivity index (χ2n) is 4.54. The fourth-order valence-electron chi connectivity index (χ4n) is 1.40. The Balaban J connectivity index is 0. The van der Waals surface area contributed by atoms with Crippen LogP contribution in [-0.2, 0) is 33.5 Å². The quantitative estimate of drug-likeness (QED) is 0.486. The maximum atomic E-state index is 11.0. The van der Waals surface area contributed by atoms with Crippen LogP contribution in [0.3, 0.4) is 0 Å². The molecule has 0 spiro atoms. The minimum atomic E-state index is -0.800. The molecule has 1 saturated heterocycles. The number of carboxylic acid groups (broad SMARTS) is 1. The van der Waals surface area contributed by atoms with Crippen molar-refractivity contribution in [3.8, 4) is 0 Å². The smallest absolute Gasteiger partial charge is 0.335 e. The molecule has 0 aliphatic carbocycles. The van der Waals surface area contributed by atoms with Crippen LogP contribution in [0.25, 0.3) is 0 Å². The van der Waals surface area contributed by atoms with E-state index in [1.807, 2.05) is 6.92 Å². The van der Waals surface area contributed by atoms with Gasteiger partial charge >= 0.3 is 11.9 Å². The van der Waals surface area contributed by atoms with Gasteiger partial charge in [0, 0.05) is 26.6 Å². The van der Waals surface area contributed by atoms with E-state index in [0.717, 1.165) is 6.42 Å². The van der Waals surface area contributed by atoms with Crippen LogP contribution in [0.4, 0.5) is 0 Å². The highest BCUT2D eigenvalue weighted by atomic mass is 16.7. The second-order valence-corrected chi connectivity index (χ2v) is 4.54. The van der Waals surface area contributed by atoms with Gasteiger partial charge in [0.2, 0.25) is 0 Å². The first kappa shape index (κ1) is 24.3. The first-order chi connectivity index (χ1) is 10.9. The van der Waals surface area contributed by atoms with Crippen molar-refractivity contribution < 1.29 is 38.6 Å². The number of nitrogens with zero attached hydrogens (tertiary/aromatic N) is 1. The van der Waals surface area contributed by atoms with Crippen molar-refractivity contribution >= 4 is 23.8 Å². The molecule has 0 bridgehead atoms. The number of rotatable bonds is 9. The van der Waals surface area contributed by atoms with Gasteiger partial charge in [-0.15, -0.1) is 5.06 Å². The van der Waals surface area contributed by atoms with Gasteiger partial charge in [0.05, 0.1) is 26.1 Å². The van der Waals surface area contributed by atoms with E-state index in [9.17, 15) is 19.2 Å². The lowest BCUT2D eigenvalue weighted by atomic mass is 10.4. The zero-order valence-corrected chi connectivity index (χ0v) is 13.4. The van der Waals surface area contributed by atoms with E-state index in [1.54, 1.807) is 0 Å². The van der Waals surface area contributed by atoms with E-state index in [2.05, 4.69) is 9.57 Å². The zero-order chi connectivity index (χ0) is 17.7. The summed E-state index contributed by atoms with van der Waals surface area (Å²) in [6, 6.07) is 0. The molecule has 24 heavy (non-hydrogen) atoms. The molecule has 0 atom stereocenters. The van der Waals surface area contributed by atoms with Crippen LogP contribution in [0.2, 0.25) is 0 Å². The molecule has 0 saturated carbocycles. The van der Waals surface area contributed by atoms with Crippen LogP contribution < -0.4 is 0 Å². The van der Waals surface area contributed by atoms with Crippen LogP contribution in [0, 0.1) is 0 Å². The van der Waals surface area contributed by atoms with Crippen LogP contribution in [-0.4, -0.2) is 60.9 Å². The van der Waals surface area contributed by atoms with Gasteiger partial charge in [-0.2, -0.15) is 0 Å². The monoisotopic (exact) mass is 349 g/mol. The van der Waals surface area contributed by atoms with Crippen molar-refractivity contribution in [1.82, 2.24) is 5.06 Å². The largest absolute Gasteiger partial charge is 0.481 e. The molecule has 0 aromatic heterocycles. The molecular weight excluding hydrogens is 322 g/mol. The van der Waals surface area contributed by atoms with Gasteiger partial charge in [0.1, 0.15) is 0 Å². The Morgan fingerprint density at radius 2 is 1.67 bits per heavy atom. The van der Waals surface area contributed by atoms with Crippen molar-refractivity contribution in [1.29, 1.82) is 0 Å². The number of hydroxylamine groups is 2. The highest BCUT2D eigenvalue weighted by molar-refractivity contribution is 6.01. The lowest BCUT2D eigenvalue weighted by molar-refractivity contribution is -0.198. The normalized spacial score (nSPS) is 13.0. The predicted octanol–water partition coefficient (Wildman–Crippen LogP) is 1.15. The fourth-order valence-corrected chi connectivity index (χ4v) is 1.40. The molecule has 9 nitrogen and oxygen atoms in total. The van der Waals surface area contributed by atoms with Gasteiger partial charge in [-0.05, 0) is 6.42 Å². The maximum Gasteiger partial charge on any atom is 0.335 e. The van der Waals surface area contributed by atoms with E-state index in [0.29, 0.717) is 18.3 Å². The fraction of sp³-hybridized carbons (Fsp3) is 0.733. The number of hydrogen-bond donors (Lipinski definition) is 1. The summed E-state index contributed by atoms with van der Waals surface area (Å²) in [6.45, 7) is 3.19. The minimum Gasteiger partial charge on any atom is -0.481 e. The van der Waals surface area contributed by atoms with Gasteiger partial charge < -0.3 is 19.4 Å². The average molecular weight is 349 g/mol. The Bertz CT molecular complexity index is 394. The summed E-state index contributed by atoms with van der Waals surface area (Å²) >= 11 is 0. The number of ether oxygens (including phenoxy) is 2. The molecule has 0 unspecified atom stereocenters. The molecule has 0 radical (unpaired) electrons. The van der Waals surface area contributed by atoms with E-state index in [1.165, 1.54) is 7.11 Å². The summed E-state index contributed by atoms with van der Waals surface area (Å²) in [7, 11) is 1.44. The molecule has 2 amide bonds. The zero-order valence-electron chi connectivity index (χ0n) is 13.4. The summed E-state index contributed by atoms with van der Waals surface area (Å²) in [4.78, 5) is 47.4. The topological polar surface area (TPSA) is 119 Å². The van der Waals surface area contributed by atoms with Gasteiger partial charge in [0.25, 0.3) is 11.8 Å². The number of hydrogen-bond acceptors (Lipinski definition) is 7. The molecule has 1 heterocycles. The van der Waals surface area contributed by atoms with Crippen molar-refractivity contribution in [3.63, 3.8) is 0 Å². The summed E-state index contributed by atoms with van der Waals surface area (Å²) in [5.41, 5.74) is 0. The Morgan fingerprint density at radius 3 is 2.12 bits per heavy atom. The molecule has 0 aromatic rings. The molecule has 140 valence electrons. The van der Waals surface area contributed by atoms with E-state index in [4.69, 9.17) is 9.84 Å². The molecule has 1 aliphatic rings. The maximum absolute atomic E-state index is 11.0. The third-order valence-electron chi connectivity index (χ3n) is 2.52. The summed E-state index contributed by atoms with van der Waals surface area (Å²) < 4.78 is 9.55. The summed E-state index contributed by atoms with van der Waals surface area (Å²) in [6.07, 6.45) is 1.29. The Hall–Kier alpha value is -2.00. The van der Waals surface area contributed by atoms with Crippen molar-refractivity contribution in [2.45, 2.75) is 46.5 Å². The molecule has 1 fully saturated rings. The predicted molar refractivity (Wildman–Crippen MR) is 83.8 cm³/mol. The number of carbonyl (C=O) groups is 4. The third-order valence-corrected chi connectivity index (χ3v) is 2.52. The standard InChI is InChI=1S/C8H11NO5.C6H12O3.CH4/c1-13-5-4-8(12)14-9-6(10)2-3-7(9)11;1-2-4-9-5-3-6(7)8;/h2-5H2,1H3;2-5H2,1H3,(H,7,8);1H4. The Kier molecular flexibility index (Phi) is 14.7. The second kappa shape index (κ2) is 14.6. The van der Waals surface area contributed by atoms with E-state index >= 15 is 0 Å². The highest BCUT2D eigenvalue weighted by Gasteiger charge is 2.32. The molecule has 1 aliphatic heterocycles. The summed E-state index contributed by atoms with van der Waals surface area (Å²) in [5.74, 6) is -2.39. The number of methoxy groups -OCH3 is 1. The van der Waals surface area contributed by atoms with Crippen LogP contribution >= 0.6 is 0 Å². The molecule has 1 rings (SSSR count). The van der Waals surface area contributed by atoms with E-state index < -0.39 is 23.8 Å². The number of amides is 2. The lowest BCUT2D eigenvalue weighted by Gasteiger charge is -2.11. The number of carboxylic acids is 1. The van der Waals surface area contributed by atoms with Gasteiger partial charge in [-0.3, -0.25) is 14.4 Å². The van der Waals surface area contributed by atoms with Gasteiger partial charge in [-0.25, -0.2) is 4.79 Å². The number of aliphatic carboxylic acids is 1. The molecule has 0 aromatic carbocycles. The molecule has 9 heteroatoms. The van der Waals surface area contributed by atoms with Crippen molar-refractivity contribution in [3.05, 3.63) is 0 Å². The molecule has 1 N–H and O–H groups in total. The van der Waals surface area contributed by atoms with E-state index in [-0.39, 0.29) is 39.7 Å². The molecular formula is C15H27NO8. The lowest BCUT2D eigenvalue weighted by Crippen LogP contribution is -2.32. The first-order valence-electron chi connectivity index (χ1n) is 7.27.